The van der Waals surface area contributed by atoms with E-state index in [1.165, 1.54) is 17.8 Å². The summed E-state index contributed by atoms with van der Waals surface area (Å²) in [7, 11) is 0. The molecule has 3 fully saturated rings. The second-order valence-electron chi connectivity index (χ2n) is 12.2. The summed E-state index contributed by atoms with van der Waals surface area (Å²) in [4.78, 5) is 19.9. The van der Waals surface area contributed by atoms with Crippen molar-refractivity contribution in [1.82, 2.24) is 25.0 Å². The van der Waals surface area contributed by atoms with E-state index < -0.39 is 11.6 Å². The Kier molecular flexibility index (Phi) is 6.62. The largest absolute Gasteiger partial charge is 0.461 e. The molecule has 3 aliphatic heterocycles. The number of aromatic nitrogens is 4. The van der Waals surface area contributed by atoms with Crippen LogP contribution in [0.5, 0.6) is 6.01 Å². The molecule has 0 radical (unpaired) electrons. The number of aryl methyl sites for hydroxylation is 1. The van der Waals surface area contributed by atoms with Crippen molar-refractivity contribution in [2.75, 3.05) is 43.4 Å². The number of nitriles is 1. The molecule has 3 atom stereocenters. The van der Waals surface area contributed by atoms with Crippen LogP contribution < -0.4 is 15.4 Å². The van der Waals surface area contributed by atoms with Crippen molar-refractivity contribution in [3.05, 3.63) is 28.0 Å². The van der Waals surface area contributed by atoms with E-state index >= 15 is 0 Å². The van der Waals surface area contributed by atoms with Gasteiger partial charge in [-0.1, -0.05) is 5.16 Å². The van der Waals surface area contributed by atoms with Crippen LogP contribution in [0.15, 0.2) is 10.6 Å². The average molecular weight is 579 g/mol. The van der Waals surface area contributed by atoms with Crippen LogP contribution in [0, 0.1) is 11.3 Å². The van der Waals surface area contributed by atoms with Crippen LogP contribution in [0.25, 0.3) is 11.5 Å². The minimum atomic E-state index is -0.824. The Bertz CT molecular complexity index is 1500. The Balaban J connectivity index is 1.22. The van der Waals surface area contributed by atoms with Crippen LogP contribution in [0.2, 0.25) is 0 Å². The van der Waals surface area contributed by atoms with Gasteiger partial charge >= 0.3 is 6.01 Å². The van der Waals surface area contributed by atoms with Gasteiger partial charge in [0.2, 0.25) is 11.7 Å². The Morgan fingerprint density at radius 2 is 2.02 bits per heavy atom. The lowest BCUT2D eigenvalue weighted by molar-refractivity contribution is 0.107. The molecule has 2 N–H and O–H groups in total. The van der Waals surface area contributed by atoms with E-state index in [9.17, 15) is 9.65 Å². The van der Waals surface area contributed by atoms with Crippen LogP contribution in [0.4, 0.5) is 15.2 Å². The molecule has 1 aliphatic carbocycles. The molecule has 10 nitrogen and oxygen atoms in total. The highest BCUT2D eigenvalue weighted by Gasteiger charge is 2.49. The van der Waals surface area contributed by atoms with E-state index in [1.54, 1.807) is 0 Å². The maximum absolute atomic E-state index is 14.4. The third-order valence-corrected chi connectivity index (χ3v) is 10.6. The maximum atomic E-state index is 14.4. The molecule has 216 valence electrons. The van der Waals surface area contributed by atoms with Gasteiger partial charge < -0.3 is 19.9 Å². The summed E-state index contributed by atoms with van der Waals surface area (Å²) in [6.45, 7) is 5.59. The number of piperidine rings is 1. The third kappa shape index (κ3) is 4.54. The number of nitrogens with zero attached hydrogens (tertiary/aromatic N) is 7. The monoisotopic (exact) mass is 578 g/mol. The van der Waals surface area contributed by atoms with Gasteiger partial charge in [-0.2, -0.15) is 20.2 Å². The molecule has 41 heavy (non-hydrogen) atoms. The predicted octanol–water partition coefficient (Wildman–Crippen LogP) is 4.63. The molecule has 6 heterocycles. The molecule has 0 saturated carbocycles. The number of nitrogens with two attached hydrogens (primary N) is 1. The summed E-state index contributed by atoms with van der Waals surface area (Å²) in [6.07, 6.45) is 7.63. The smallest absolute Gasteiger partial charge is 0.319 e. The standard InChI is InChI=1S/C29H35FN8O2S/c1-28(8-5-7-21-23(28)19(15-31)24(32)41-21)26-35-25(36-40-26)20-13-22(37-10-3-2-4-11-37)34-27(33-20)39-17-29-9-6-12-38(29)16-18(30)14-29/h13,18H,2-12,14,16-17,32H2,1H3/t18-,28?,29+/m1/s1. The van der Waals surface area contributed by atoms with Gasteiger partial charge in [0, 0.05) is 42.6 Å². The lowest BCUT2D eigenvalue weighted by atomic mass is 9.72. The first-order valence-electron chi connectivity index (χ1n) is 14.7. The van der Waals surface area contributed by atoms with Crippen molar-refractivity contribution in [2.24, 2.45) is 0 Å². The molecule has 7 rings (SSSR count). The van der Waals surface area contributed by atoms with E-state index in [-0.39, 0.29) is 11.5 Å². The lowest BCUT2D eigenvalue weighted by Crippen LogP contribution is -2.43. The summed E-state index contributed by atoms with van der Waals surface area (Å²) in [5.74, 6) is 1.57. The summed E-state index contributed by atoms with van der Waals surface area (Å²) in [5.41, 5.74) is 7.25. The van der Waals surface area contributed by atoms with Crippen LogP contribution in [-0.4, -0.2) is 69.5 Å². The normalized spacial score (nSPS) is 27.9. The van der Waals surface area contributed by atoms with Gasteiger partial charge in [-0.25, -0.2) is 4.39 Å². The summed E-state index contributed by atoms with van der Waals surface area (Å²) in [5, 5.41) is 14.7. The summed E-state index contributed by atoms with van der Waals surface area (Å²) >= 11 is 1.48. The topological polar surface area (TPSA) is 130 Å². The molecule has 3 aromatic rings. The molecule has 0 spiro atoms. The van der Waals surface area contributed by atoms with Crippen molar-refractivity contribution in [3.8, 4) is 23.6 Å². The highest BCUT2D eigenvalue weighted by molar-refractivity contribution is 7.16. The van der Waals surface area contributed by atoms with Gasteiger partial charge in [0.05, 0.1) is 16.5 Å². The van der Waals surface area contributed by atoms with E-state index in [2.05, 4.69) is 27.9 Å². The number of anilines is 2. The Labute approximate surface area is 242 Å². The van der Waals surface area contributed by atoms with Crippen LogP contribution in [-0.2, 0) is 11.8 Å². The van der Waals surface area contributed by atoms with E-state index in [0.717, 1.165) is 80.8 Å². The molecule has 0 aromatic carbocycles. The van der Waals surface area contributed by atoms with E-state index in [4.69, 9.17) is 29.9 Å². The Hall–Kier alpha value is -3.30. The van der Waals surface area contributed by atoms with Gasteiger partial charge in [-0.15, -0.1) is 11.3 Å². The molecular formula is C29H35FN8O2S. The van der Waals surface area contributed by atoms with Gasteiger partial charge in [-0.3, -0.25) is 4.90 Å². The first kappa shape index (κ1) is 26.6. The van der Waals surface area contributed by atoms with E-state index in [1.807, 2.05) is 6.07 Å². The van der Waals surface area contributed by atoms with Gasteiger partial charge in [0.1, 0.15) is 35.4 Å². The molecule has 1 unspecified atom stereocenters. The fourth-order valence-electron chi connectivity index (χ4n) is 7.39. The molecule has 4 aliphatic rings. The van der Waals surface area contributed by atoms with Gasteiger partial charge in [-0.05, 0) is 64.8 Å². The lowest BCUT2D eigenvalue weighted by Gasteiger charge is -2.31. The first-order chi connectivity index (χ1) is 19.9. The van der Waals surface area contributed by atoms with E-state index in [0.29, 0.717) is 47.5 Å². The summed E-state index contributed by atoms with van der Waals surface area (Å²) in [6, 6.07) is 4.45. The van der Waals surface area contributed by atoms with Crippen molar-refractivity contribution in [2.45, 2.75) is 81.8 Å². The quantitative estimate of drug-likeness (QED) is 0.442. The SMILES string of the molecule is CC1(c2nc(-c3cc(N4CCCCC4)nc(OC[C@@]45CCCN4C[C@H](F)C5)n3)no2)CCCc2sc(N)c(C#N)c21. The number of thiophene rings is 1. The second-order valence-corrected chi connectivity index (χ2v) is 13.3. The Morgan fingerprint density at radius 1 is 1.17 bits per heavy atom. The van der Waals surface area contributed by atoms with Crippen LogP contribution >= 0.6 is 11.3 Å². The van der Waals surface area contributed by atoms with Crippen molar-refractivity contribution in [3.63, 3.8) is 0 Å². The number of halogens is 1. The predicted molar refractivity (Wildman–Crippen MR) is 153 cm³/mol. The number of hydrogen-bond acceptors (Lipinski definition) is 11. The van der Waals surface area contributed by atoms with Crippen LogP contribution in [0.3, 0.4) is 0 Å². The maximum Gasteiger partial charge on any atom is 0.319 e. The van der Waals surface area contributed by atoms with Crippen molar-refractivity contribution in [1.29, 1.82) is 5.26 Å². The highest BCUT2D eigenvalue weighted by Crippen LogP contribution is 2.48. The molecule has 12 heteroatoms. The molecule has 0 amide bonds. The first-order valence-corrected chi connectivity index (χ1v) is 15.5. The summed E-state index contributed by atoms with van der Waals surface area (Å²) < 4.78 is 26.5. The second kappa shape index (κ2) is 10.2. The molecule has 0 bridgehead atoms. The fraction of sp³-hybridized carbons (Fsp3) is 0.621. The van der Waals surface area contributed by atoms with Crippen molar-refractivity contribution < 1.29 is 13.7 Å². The minimum Gasteiger partial charge on any atom is -0.461 e. The number of hydrogen-bond donors (Lipinski definition) is 1. The van der Waals surface area contributed by atoms with Gasteiger partial charge in [0.25, 0.3) is 0 Å². The third-order valence-electron chi connectivity index (χ3n) is 9.48. The number of alkyl halides is 1. The number of fused-ring (bicyclic) bond motifs is 2. The zero-order valence-electron chi connectivity index (χ0n) is 23.4. The Morgan fingerprint density at radius 3 is 2.85 bits per heavy atom. The number of rotatable bonds is 6. The number of ether oxygens (including phenoxy) is 1. The zero-order chi connectivity index (χ0) is 28.2. The van der Waals surface area contributed by atoms with Crippen molar-refractivity contribution >= 4 is 22.2 Å². The van der Waals surface area contributed by atoms with Gasteiger partial charge in [0.15, 0.2) is 0 Å². The zero-order valence-corrected chi connectivity index (χ0v) is 24.2. The highest BCUT2D eigenvalue weighted by atomic mass is 32.1. The molecule has 3 aromatic heterocycles. The molecule has 3 saturated heterocycles. The minimum absolute atomic E-state index is 0.251. The van der Waals surface area contributed by atoms with Crippen LogP contribution in [0.1, 0.15) is 80.2 Å². The number of nitrogen functional groups attached to an aromatic ring is 1. The molecular weight excluding hydrogens is 543 g/mol. The fourth-order valence-corrected chi connectivity index (χ4v) is 8.58. The average Bonchev–Trinajstić information content (AvgIpc) is 3.75.